The predicted molar refractivity (Wildman–Crippen MR) is 28.0 cm³/mol. The van der Waals surface area contributed by atoms with Gasteiger partial charge in [-0.05, 0) is 24.6 Å². The van der Waals surface area contributed by atoms with Gasteiger partial charge in [-0.3, -0.25) is 0 Å². The zero-order valence-corrected chi connectivity index (χ0v) is 4.74. The van der Waals surface area contributed by atoms with E-state index in [0.717, 1.165) is 19.4 Å². The maximum atomic E-state index is 5.23. The summed E-state index contributed by atoms with van der Waals surface area (Å²) in [4.78, 5) is 2.51. The molecule has 1 rings (SSSR count). The van der Waals surface area contributed by atoms with Crippen LogP contribution in [0.1, 0.15) is 12.8 Å². The minimum atomic E-state index is 0.113. The second-order valence-corrected chi connectivity index (χ2v) is 1.83. The first-order chi connectivity index (χ1) is 3.43. The normalized spacial score (nSPS) is 31.3. The first kappa shape index (κ1) is 5.35. The molecule has 0 saturated carbocycles. The van der Waals surface area contributed by atoms with Crippen LogP contribution in [0.2, 0.25) is 0 Å². The van der Waals surface area contributed by atoms with Gasteiger partial charge in [0.25, 0.3) is 0 Å². The fourth-order valence-electron chi connectivity index (χ4n) is 0.664. The van der Waals surface area contributed by atoms with E-state index in [0.29, 0.717) is 0 Å². The topological polar surface area (TPSA) is 21.3 Å². The lowest BCUT2D eigenvalue weighted by Crippen LogP contribution is -2.17. The molecule has 1 heterocycles. The first-order valence-corrected chi connectivity index (χ1v) is 2.79. The van der Waals surface area contributed by atoms with E-state index in [-0.39, 0.29) is 6.23 Å². The molecule has 0 amide bonds. The van der Waals surface area contributed by atoms with Crippen molar-refractivity contribution in [2.75, 3.05) is 6.61 Å². The molecule has 42 valence electrons. The Morgan fingerprint density at radius 1 is 1.71 bits per heavy atom. The molecule has 1 unspecified atom stereocenters. The molecular formula is C4H8ClNO. The van der Waals surface area contributed by atoms with E-state index in [1.54, 1.807) is 0 Å². The first-order valence-electron chi connectivity index (χ1n) is 2.41. The molecule has 0 aromatic rings. The highest BCUT2D eigenvalue weighted by Crippen LogP contribution is 2.08. The molecule has 0 bridgehead atoms. The fourth-order valence-corrected chi connectivity index (χ4v) is 0.836. The van der Waals surface area contributed by atoms with Crippen LogP contribution in [0.4, 0.5) is 0 Å². The van der Waals surface area contributed by atoms with Crippen molar-refractivity contribution in [3.8, 4) is 0 Å². The summed E-state index contributed by atoms with van der Waals surface area (Å²) in [6, 6.07) is 0. The van der Waals surface area contributed by atoms with Gasteiger partial charge in [-0.15, -0.1) is 0 Å². The van der Waals surface area contributed by atoms with E-state index in [9.17, 15) is 0 Å². The second kappa shape index (κ2) is 2.50. The largest absolute Gasteiger partial charge is 0.362 e. The SMILES string of the molecule is ClNC1CCCO1. The molecular weight excluding hydrogens is 114 g/mol. The van der Waals surface area contributed by atoms with Crippen molar-refractivity contribution < 1.29 is 4.74 Å². The third-order valence-corrected chi connectivity index (χ3v) is 1.29. The number of hydrogen-bond acceptors (Lipinski definition) is 2. The maximum Gasteiger partial charge on any atom is 0.121 e. The Morgan fingerprint density at radius 2 is 2.57 bits per heavy atom. The second-order valence-electron chi connectivity index (χ2n) is 1.61. The summed E-state index contributed by atoms with van der Waals surface area (Å²) in [5.41, 5.74) is 0. The third-order valence-electron chi connectivity index (χ3n) is 1.05. The van der Waals surface area contributed by atoms with Crippen LogP contribution in [-0.2, 0) is 4.74 Å². The molecule has 3 heteroatoms. The summed E-state index contributed by atoms with van der Waals surface area (Å²) < 4.78 is 5.06. The van der Waals surface area contributed by atoms with Gasteiger partial charge in [0.2, 0.25) is 0 Å². The number of ether oxygens (including phenoxy) is 1. The Kier molecular flexibility index (Phi) is 1.91. The van der Waals surface area contributed by atoms with Crippen molar-refractivity contribution in [1.29, 1.82) is 0 Å². The summed E-state index contributed by atoms with van der Waals surface area (Å²) >= 11 is 5.23. The van der Waals surface area contributed by atoms with Crippen LogP contribution in [-0.4, -0.2) is 12.8 Å². The van der Waals surface area contributed by atoms with E-state index in [1.807, 2.05) is 0 Å². The van der Waals surface area contributed by atoms with E-state index in [4.69, 9.17) is 16.5 Å². The van der Waals surface area contributed by atoms with Crippen LogP contribution >= 0.6 is 11.8 Å². The molecule has 0 aromatic heterocycles. The number of hydrogen-bond donors (Lipinski definition) is 1. The Bertz CT molecular complexity index is 53.7. The quantitative estimate of drug-likeness (QED) is 0.520. The minimum Gasteiger partial charge on any atom is -0.362 e. The van der Waals surface area contributed by atoms with Gasteiger partial charge in [0.1, 0.15) is 6.23 Å². The third kappa shape index (κ3) is 1.30. The molecule has 7 heavy (non-hydrogen) atoms. The van der Waals surface area contributed by atoms with E-state index >= 15 is 0 Å². The smallest absolute Gasteiger partial charge is 0.121 e. The summed E-state index contributed by atoms with van der Waals surface area (Å²) in [7, 11) is 0. The number of nitrogens with one attached hydrogen (secondary N) is 1. The van der Waals surface area contributed by atoms with Crippen molar-refractivity contribution in [3.05, 3.63) is 0 Å². The van der Waals surface area contributed by atoms with Crippen molar-refractivity contribution in [2.24, 2.45) is 0 Å². The standard InChI is InChI=1S/C4H8ClNO/c5-6-4-2-1-3-7-4/h4,6H,1-3H2. The molecule has 0 radical (unpaired) electrons. The van der Waals surface area contributed by atoms with Crippen molar-refractivity contribution in [2.45, 2.75) is 19.1 Å². The Morgan fingerprint density at radius 3 is 2.86 bits per heavy atom. The molecule has 0 aliphatic carbocycles. The summed E-state index contributed by atoms with van der Waals surface area (Å²) in [5, 5.41) is 0. The maximum absolute atomic E-state index is 5.23. The van der Waals surface area contributed by atoms with Gasteiger partial charge in [0.05, 0.1) is 0 Å². The monoisotopic (exact) mass is 121 g/mol. The van der Waals surface area contributed by atoms with Gasteiger partial charge in [-0.25, -0.2) is 4.84 Å². The lowest BCUT2D eigenvalue weighted by atomic mass is 10.3. The summed E-state index contributed by atoms with van der Waals surface area (Å²) in [6.07, 6.45) is 2.29. The van der Waals surface area contributed by atoms with Gasteiger partial charge in [0.15, 0.2) is 0 Å². The van der Waals surface area contributed by atoms with Crippen LogP contribution in [0.25, 0.3) is 0 Å². The number of rotatable bonds is 1. The van der Waals surface area contributed by atoms with Gasteiger partial charge in [-0.2, -0.15) is 0 Å². The van der Waals surface area contributed by atoms with E-state index in [2.05, 4.69) is 4.84 Å². The highest BCUT2D eigenvalue weighted by Gasteiger charge is 2.12. The van der Waals surface area contributed by atoms with Crippen molar-refractivity contribution in [1.82, 2.24) is 4.84 Å². The molecule has 1 atom stereocenters. The van der Waals surface area contributed by atoms with Crippen LogP contribution in [0.15, 0.2) is 0 Å². The Hall–Kier alpha value is 0.210. The van der Waals surface area contributed by atoms with Crippen LogP contribution < -0.4 is 4.84 Å². The highest BCUT2D eigenvalue weighted by molar-refractivity contribution is 6.13. The lowest BCUT2D eigenvalue weighted by Gasteiger charge is -2.01. The van der Waals surface area contributed by atoms with Gasteiger partial charge in [0, 0.05) is 6.61 Å². The molecule has 0 spiro atoms. The molecule has 1 saturated heterocycles. The van der Waals surface area contributed by atoms with Gasteiger partial charge < -0.3 is 4.74 Å². The Labute approximate surface area is 47.9 Å². The summed E-state index contributed by atoms with van der Waals surface area (Å²) in [6.45, 7) is 0.852. The average molecular weight is 122 g/mol. The molecule has 0 aromatic carbocycles. The Balaban J connectivity index is 2.14. The molecule has 1 N–H and O–H groups in total. The van der Waals surface area contributed by atoms with E-state index < -0.39 is 0 Å². The van der Waals surface area contributed by atoms with Crippen LogP contribution in [0.3, 0.4) is 0 Å². The van der Waals surface area contributed by atoms with Crippen molar-refractivity contribution >= 4 is 11.8 Å². The van der Waals surface area contributed by atoms with Crippen LogP contribution in [0, 0.1) is 0 Å². The van der Waals surface area contributed by atoms with Crippen LogP contribution in [0.5, 0.6) is 0 Å². The molecule has 1 fully saturated rings. The van der Waals surface area contributed by atoms with Gasteiger partial charge in [-0.1, -0.05) is 0 Å². The molecule has 2 nitrogen and oxygen atoms in total. The van der Waals surface area contributed by atoms with Crippen molar-refractivity contribution in [3.63, 3.8) is 0 Å². The zero-order valence-electron chi connectivity index (χ0n) is 3.98. The predicted octanol–water partition coefficient (Wildman–Crippen LogP) is 0.866. The average Bonchev–Trinajstić information content (AvgIpc) is 2.14. The zero-order chi connectivity index (χ0) is 5.11. The minimum absolute atomic E-state index is 0.113. The fraction of sp³-hybridized carbons (Fsp3) is 1.00. The lowest BCUT2D eigenvalue weighted by molar-refractivity contribution is 0.104. The highest BCUT2D eigenvalue weighted by atomic mass is 35.5. The molecule has 1 aliphatic heterocycles. The molecule has 1 aliphatic rings. The van der Waals surface area contributed by atoms with E-state index in [1.165, 1.54) is 0 Å². The number of halogens is 1. The van der Waals surface area contributed by atoms with Gasteiger partial charge >= 0.3 is 0 Å². The summed E-state index contributed by atoms with van der Waals surface area (Å²) in [5.74, 6) is 0.